The van der Waals surface area contributed by atoms with Crippen molar-refractivity contribution in [2.24, 2.45) is 23.2 Å². The quantitative estimate of drug-likeness (QED) is 0.310. The van der Waals surface area contributed by atoms with Gasteiger partial charge in [0.25, 0.3) is 0 Å². The van der Waals surface area contributed by atoms with Crippen molar-refractivity contribution < 1.29 is 23.7 Å². The predicted octanol–water partition coefficient (Wildman–Crippen LogP) is 6.64. The highest BCUT2D eigenvalue weighted by atomic mass is 32.2. The molecule has 0 unspecified atom stereocenters. The largest absolute Gasteiger partial charge is 0.393 e. The summed E-state index contributed by atoms with van der Waals surface area (Å²) in [6.45, 7) is 12.6. The maximum atomic E-state index is 13.3. The Morgan fingerprint density at radius 1 is 1.12 bits per heavy atom. The first-order chi connectivity index (χ1) is 18.8. The van der Waals surface area contributed by atoms with Crippen LogP contribution in [0.3, 0.4) is 0 Å². The Kier molecular flexibility index (Phi) is 9.56. The second-order valence-electron chi connectivity index (χ2n) is 13.0. The topological polar surface area (TPSA) is 94.8 Å². The van der Waals surface area contributed by atoms with Crippen LogP contribution in [0.25, 0.3) is 0 Å². The number of hydrogen-bond donors (Lipinski definition) is 3. The molecule has 3 N–H and O–H groups in total. The first-order valence-electron chi connectivity index (χ1n) is 15.3. The second kappa shape index (κ2) is 12.2. The van der Waals surface area contributed by atoms with Gasteiger partial charge in [-0.05, 0) is 110 Å². The molecule has 6 atom stereocenters. The molecule has 0 spiro atoms. The Hall–Kier alpha value is -1.73. The molecule has 3 fully saturated rings. The van der Waals surface area contributed by atoms with E-state index in [0.29, 0.717) is 54.8 Å². The van der Waals surface area contributed by atoms with Gasteiger partial charge in [-0.1, -0.05) is 64.1 Å². The smallest absolute Gasteiger partial charge is 0.178 e. The zero-order chi connectivity index (χ0) is 29.3. The van der Waals surface area contributed by atoms with E-state index in [-0.39, 0.29) is 11.2 Å². The van der Waals surface area contributed by atoms with Gasteiger partial charge in [-0.25, -0.2) is 8.42 Å². The van der Waals surface area contributed by atoms with E-state index in [1.165, 1.54) is 5.57 Å². The van der Waals surface area contributed by atoms with E-state index in [2.05, 4.69) is 32.6 Å². The van der Waals surface area contributed by atoms with Crippen LogP contribution in [0.4, 0.5) is 0 Å². The molecular formula is C34H50O5S. The number of hydrogen-bond acceptors (Lipinski definition) is 5. The van der Waals surface area contributed by atoms with Crippen LogP contribution in [0.5, 0.6) is 0 Å². The molecule has 1 aromatic carbocycles. The normalized spacial score (nSPS) is 32.4. The molecule has 3 aliphatic rings. The molecule has 4 rings (SSSR count). The zero-order valence-corrected chi connectivity index (χ0v) is 25.7. The number of aliphatic hydroxyl groups is 3. The van der Waals surface area contributed by atoms with Gasteiger partial charge in [-0.15, -0.1) is 0 Å². The number of allylic oxidation sites excluding steroid dienone is 3. The minimum Gasteiger partial charge on any atom is -0.393 e. The third-order valence-corrected chi connectivity index (χ3v) is 12.5. The van der Waals surface area contributed by atoms with E-state index < -0.39 is 27.6 Å². The van der Waals surface area contributed by atoms with Crippen molar-refractivity contribution in [1.82, 2.24) is 0 Å². The molecule has 0 heterocycles. The molecule has 6 heteroatoms. The van der Waals surface area contributed by atoms with Crippen LogP contribution in [0.15, 0.2) is 64.6 Å². The molecule has 40 heavy (non-hydrogen) atoms. The van der Waals surface area contributed by atoms with Crippen molar-refractivity contribution in [3.8, 4) is 0 Å². The van der Waals surface area contributed by atoms with Crippen LogP contribution < -0.4 is 0 Å². The lowest BCUT2D eigenvalue weighted by molar-refractivity contribution is 0.0283. The third kappa shape index (κ3) is 6.21. The van der Waals surface area contributed by atoms with Gasteiger partial charge < -0.3 is 15.3 Å². The fraction of sp³-hybridized carbons (Fsp3) is 0.647. The van der Waals surface area contributed by atoms with Gasteiger partial charge >= 0.3 is 0 Å². The Bertz CT molecular complexity index is 1220. The van der Waals surface area contributed by atoms with Crippen LogP contribution in [0.2, 0.25) is 0 Å². The lowest BCUT2D eigenvalue weighted by Gasteiger charge is -2.44. The summed E-state index contributed by atoms with van der Waals surface area (Å²) >= 11 is 0. The average molecular weight is 571 g/mol. The highest BCUT2D eigenvalue weighted by Crippen LogP contribution is 2.59. The van der Waals surface area contributed by atoms with Crippen LogP contribution in [-0.2, 0) is 15.4 Å². The maximum absolute atomic E-state index is 13.3. The van der Waals surface area contributed by atoms with Crippen molar-refractivity contribution in [1.29, 1.82) is 0 Å². The summed E-state index contributed by atoms with van der Waals surface area (Å²) in [6.07, 6.45) is 11.4. The number of benzene rings is 1. The van der Waals surface area contributed by atoms with Crippen LogP contribution >= 0.6 is 0 Å². The Labute approximate surface area is 242 Å². The third-order valence-electron chi connectivity index (χ3n) is 10.8. The van der Waals surface area contributed by atoms with Gasteiger partial charge in [-0.3, -0.25) is 0 Å². The van der Waals surface area contributed by atoms with E-state index in [0.717, 1.165) is 48.8 Å². The van der Waals surface area contributed by atoms with Crippen molar-refractivity contribution in [2.75, 3.05) is 5.75 Å². The van der Waals surface area contributed by atoms with Crippen molar-refractivity contribution >= 4 is 9.84 Å². The first kappa shape index (κ1) is 31.2. The highest BCUT2D eigenvalue weighted by molar-refractivity contribution is 7.91. The van der Waals surface area contributed by atoms with E-state index in [9.17, 15) is 23.7 Å². The maximum Gasteiger partial charge on any atom is 0.178 e. The summed E-state index contributed by atoms with van der Waals surface area (Å²) in [5, 5.41) is 31.1. The molecule has 5 nitrogen and oxygen atoms in total. The molecule has 0 amide bonds. The molecule has 0 aromatic heterocycles. The van der Waals surface area contributed by atoms with Gasteiger partial charge in [0, 0.05) is 6.42 Å². The minimum atomic E-state index is -3.41. The monoisotopic (exact) mass is 570 g/mol. The summed E-state index contributed by atoms with van der Waals surface area (Å²) < 4.78 is 26.5. The van der Waals surface area contributed by atoms with E-state index in [4.69, 9.17) is 0 Å². The number of aliphatic hydroxyl groups excluding tert-OH is 2. The van der Waals surface area contributed by atoms with Gasteiger partial charge in [0.2, 0.25) is 0 Å². The standard InChI is InChI=1S/C34H50O5S/c1-6-34(37,7-2)27-12-14-29(15-13-27)40(38,39)20-18-23(3)30-16-17-31-25(9-8-19-33(30,31)5)10-11-26-21-28(35)22-32(36)24(26)4/h10-15,23,28,30-32,35-37H,4,6-9,16-22H2,1-3,5H3/t23-,28-,30-,31+,32+,33-/m1/s1. The molecule has 0 saturated heterocycles. The predicted molar refractivity (Wildman–Crippen MR) is 161 cm³/mol. The van der Waals surface area contributed by atoms with Crippen molar-refractivity contribution in [3.63, 3.8) is 0 Å². The molecule has 0 aliphatic heterocycles. The van der Waals surface area contributed by atoms with Crippen LogP contribution in [0.1, 0.15) is 97.5 Å². The van der Waals surface area contributed by atoms with Crippen LogP contribution in [0, 0.1) is 23.2 Å². The van der Waals surface area contributed by atoms with Crippen molar-refractivity contribution in [2.45, 2.75) is 115 Å². The van der Waals surface area contributed by atoms with E-state index >= 15 is 0 Å². The Morgan fingerprint density at radius 3 is 2.45 bits per heavy atom. The number of sulfone groups is 1. The zero-order valence-electron chi connectivity index (χ0n) is 24.9. The number of fused-ring (bicyclic) bond motifs is 1. The molecule has 0 bridgehead atoms. The van der Waals surface area contributed by atoms with Crippen LogP contribution in [-0.4, -0.2) is 41.7 Å². The van der Waals surface area contributed by atoms with E-state index in [1.807, 2.05) is 13.8 Å². The average Bonchev–Trinajstić information content (AvgIpc) is 3.30. The molecule has 3 aliphatic carbocycles. The molecular weight excluding hydrogens is 520 g/mol. The molecule has 3 saturated carbocycles. The molecule has 1 aromatic rings. The lowest BCUT2D eigenvalue weighted by atomic mass is 9.61. The van der Waals surface area contributed by atoms with Gasteiger partial charge in [0.15, 0.2) is 9.84 Å². The van der Waals surface area contributed by atoms with Gasteiger partial charge in [-0.2, -0.15) is 0 Å². The van der Waals surface area contributed by atoms with E-state index in [1.54, 1.807) is 24.3 Å². The summed E-state index contributed by atoms with van der Waals surface area (Å²) in [5.41, 5.74) is 3.13. The fourth-order valence-electron chi connectivity index (χ4n) is 7.97. The highest BCUT2D eigenvalue weighted by Gasteiger charge is 2.50. The SMILES string of the molecule is C=C1C(=CC=C2CCC[C@]3(C)[C@@H]([C@H](C)CCS(=O)(=O)c4ccc(C(O)(CC)CC)cc4)CC[C@@H]23)C[C@@H](O)C[C@@H]1O. The molecule has 0 radical (unpaired) electrons. The lowest BCUT2D eigenvalue weighted by Crippen LogP contribution is -2.36. The summed E-state index contributed by atoms with van der Waals surface area (Å²) in [6, 6.07) is 6.84. The second-order valence-corrected chi connectivity index (χ2v) is 15.1. The van der Waals surface area contributed by atoms with Gasteiger partial charge in [0.1, 0.15) is 0 Å². The summed E-state index contributed by atoms with van der Waals surface area (Å²) in [7, 11) is -3.41. The Balaban J connectivity index is 1.43. The first-order valence-corrected chi connectivity index (χ1v) is 17.0. The summed E-state index contributed by atoms with van der Waals surface area (Å²) in [5.74, 6) is 1.40. The number of rotatable bonds is 9. The molecule has 222 valence electrons. The van der Waals surface area contributed by atoms with Crippen molar-refractivity contribution in [3.05, 3.63) is 65.3 Å². The minimum absolute atomic E-state index is 0.137. The Morgan fingerprint density at radius 2 is 1.80 bits per heavy atom. The fourth-order valence-corrected chi connectivity index (χ4v) is 9.44. The van der Waals surface area contributed by atoms with Gasteiger partial charge in [0.05, 0.1) is 28.5 Å². The summed E-state index contributed by atoms with van der Waals surface area (Å²) in [4.78, 5) is 0.337.